The Hall–Kier alpha value is -1.29. The molecule has 0 N–H and O–H groups in total. The molecule has 3 nitrogen and oxygen atoms in total. The minimum Gasteiger partial charge on any atom is -0.462 e. The molecule has 0 unspecified atom stereocenters. The molecule has 1 aromatic rings. The molecule has 4 heteroatoms. The van der Waals surface area contributed by atoms with Crippen LogP contribution in [-0.4, -0.2) is 17.7 Å². The molecule has 0 atom stereocenters. The van der Waals surface area contributed by atoms with Crippen molar-refractivity contribution in [3.63, 3.8) is 0 Å². The molecule has 0 spiro atoms. The van der Waals surface area contributed by atoms with E-state index in [-0.39, 0.29) is 17.0 Å². The van der Waals surface area contributed by atoms with Crippen LogP contribution in [0, 0.1) is 5.92 Å². The largest absolute Gasteiger partial charge is 0.462 e. The molecule has 0 radical (unpaired) electrons. The van der Waals surface area contributed by atoms with Gasteiger partial charge in [-0.05, 0) is 19.1 Å². The standard InChI is InChI=1S/C13H16O3S/c1-4-16-12(14)10-7-5-6-8-11(10)17-13(15)9(2)3/h5-9H,4H2,1-3H3. The minimum absolute atomic E-state index is 0.0433. The third-order valence-electron chi connectivity index (χ3n) is 2.06. The number of hydrogen-bond donors (Lipinski definition) is 0. The van der Waals surface area contributed by atoms with E-state index in [4.69, 9.17) is 4.74 Å². The summed E-state index contributed by atoms with van der Waals surface area (Å²) in [5.41, 5.74) is 0.452. The molecule has 0 aliphatic rings. The highest BCUT2D eigenvalue weighted by Crippen LogP contribution is 2.26. The highest BCUT2D eigenvalue weighted by atomic mass is 32.2. The van der Waals surface area contributed by atoms with Crippen LogP contribution < -0.4 is 0 Å². The van der Waals surface area contributed by atoms with Crippen LogP contribution in [0.2, 0.25) is 0 Å². The van der Waals surface area contributed by atoms with Crippen molar-refractivity contribution in [1.82, 2.24) is 0 Å². The molecule has 1 rings (SSSR count). The maximum Gasteiger partial charge on any atom is 0.339 e. The maximum atomic E-state index is 11.7. The predicted octanol–water partition coefficient (Wildman–Crippen LogP) is 3.14. The van der Waals surface area contributed by atoms with Gasteiger partial charge in [0.2, 0.25) is 0 Å². The van der Waals surface area contributed by atoms with Crippen LogP contribution in [0.4, 0.5) is 0 Å². The Morgan fingerprint density at radius 2 is 1.94 bits per heavy atom. The number of carbonyl (C=O) groups is 2. The average Bonchev–Trinajstić information content (AvgIpc) is 2.29. The number of esters is 1. The van der Waals surface area contributed by atoms with Crippen LogP contribution in [0.5, 0.6) is 0 Å². The van der Waals surface area contributed by atoms with Crippen molar-refractivity contribution in [3.05, 3.63) is 29.8 Å². The lowest BCUT2D eigenvalue weighted by Crippen LogP contribution is -2.08. The molecule has 1 aromatic carbocycles. The summed E-state index contributed by atoms with van der Waals surface area (Å²) in [5, 5.41) is 0.0433. The number of benzene rings is 1. The van der Waals surface area contributed by atoms with Gasteiger partial charge in [-0.25, -0.2) is 4.79 Å². The maximum absolute atomic E-state index is 11.7. The molecule has 92 valence electrons. The predicted molar refractivity (Wildman–Crippen MR) is 68.1 cm³/mol. The molecule has 0 amide bonds. The molecule has 0 aromatic heterocycles. The third kappa shape index (κ3) is 3.89. The molecule has 17 heavy (non-hydrogen) atoms. The summed E-state index contributed by atoms with van der Waals surface area (Å²) >= 11 is 1.09. The van der Waals surface area contributed by atoms with Crippen LogP contribution in [0.15, 0.2) is 29.2 Å². The van der Waals surface area contributed by atoms with Crippen molar-refractivity contribution in [2.24, 2.45) is 5.92 Å². The van der Waals surface area contributed by atoms with Crippen molar-refractivity contribution in [3.8, 4) is 0 Å². The Labute approximate surface area is 106 Å². The molecular weight excluding hydrogens is 236 g/mol. The first-order chi connectivity index (χ1) is 8.06. The SMILES string of the molecule is CCOC(=O)c1ccccc1SC(=O)C(C)C. The number of carbonyl (C=O) groups excluding carboxylic acids is 2. The van der Waals surface area contributed by atoms with Crippen molar-refractivity contribution in [2.45, 2.75) is 25.7 Å². The second-order valence-electron chi connectivity index (χ2n) is 3.79. The topological polar surface area (TPSA) is 43.4 Å². The van der Waals surface area contributed by atoms with E-state index in [9.17, 15) is 9.59 Å². The van der Waals surface area contributed by atoms with Gasteiger partial charge < -0.3 is 4.74 Å². The zero-order valence-corrected chi connectivity index (χ0v) is 11.0. The van der Waals surface area contributed by atoms with E-state index in [0.29, 0.717) is 17.1 Å². The van der Waals surface area contributed by atoms with E-state index < -0.39 is 0 Å². The zero-order valence-electron chi connectivity index (χ0n) is 10.2. The Morgan fingerprint density at radius 1 is 1.29 bits per heavy atom. The molecule has 0 saturated heterocycles. The van der Waals surface area contributed by atoms with Gasteiger partial charge in [0.1, 0.15) is 0 Å². The van der Waals surface area contributed by atoms with Crippen LogP contribution >= 0.6 is 11.8 Å². The van der Waals surface area contributed by atoms with Gasteiger partial charge in [-0.1, -0.05) is 37.7 Å². The Kier molecular flexibility index (Phi) is 5.22. The van der Waals surface area contributed by atoms with Gasteiger partial charge in [0.05, 0.1) is 12.2 Å². The van der Waals surface area contributed by atoms with Gasteiger partial charge >= 0.3 is 5.97 Å². The Bertz CT molecular complexity index is 413. The van der Waals surface area contributed by atoms with Crippen molar-refractivity contribution >= 4 is 22.8 Å². The number of rotatable bonds is 4. The second kappa shape index (κ2) is 6.45. The van der Waals surface area contributed by atoms with Crippen molar-refractivity contribution in [1.29, 1.82) is 0 Å². The summed E-state index contributed by atoms with van der Waals surface area (Å²) in [6.45, 7) is 5.76. The summed E-state index contributed by atoms with van der Waals surface area (Å²) in [6, 6.07) is 7.00. The summed E-state index contributed by atoms with van der Waals surface area (Å²) in [6.07, 6.45) is 0. The smallest absolute Gasteiger partial charge is 0.339 e. The highest BCUT2D eigenvalue weighted by Gasteiger charge is 2.16. The van der Waals surface area contributed by atoms with Gasteiger partial charge in [0, 0.05) is 10.8 Å². The zero-order chi connectivity index (χ0) is 12.8. The second-order valence-corrected chi connectivity index (χ2v) is 4.84. The fourth-order valence-electron chi connectivity index (χ4n) is 1.16. The lowest BCUT2D eigenvalue weighted by Gasteiger charge is -2.08. The fourth-order valence-corrected chi connectivity index (χ4v) is 2.02. The van der Waals surface area contributed by atoms with Gasteiger partial charge in [-0.2, -0.15) is 0 Å². The van der Waals surface area contributed by atoms with Crippen molar-refractivity contribution < 1.29 is 14.3 Å². The third-order valence-corrected chi connectivity index (χ3v) is 3.31. The van der Waals surface area contributed by atoms with Crippen LogP contribution in [0.25, 0.3) is 0 Å². The van der Waals surface area contributed by atoms with E-state index in [1.807, 2.05) is 13.8 Å². The first kappa shape index (κ1) is 13.8. The summed E-state index contributed by atoms with van der Waals surface area (Å²) < 4.78 is 4.95. The molecule has 0 aliphatic carbocycles. The molecule has 0 heterocycles. The van der Waals surface area contributed by atoms with Gasteiger partial charge in [0.25, 0.3) is 0 Å². The van der Waals surface area contributed by atoms with Gasteiger partial charge in [-0.15, -0.1) is 0 Å². The van der Waals surface area contributed by atoms with Crippen molar-refractivity contribution in [2.75, 3.05) is 6.61 Å². The van der Waals surface area contributed by atoms with E-state index >= 15 is 0 Å². The first-order valence-corrected chi connectivity index (χ1v) is 6.35. The van der Waals surface area contributed by atoms with Crippen LogP contribution in [-0.2, 0) is 9.53 Å². The lowest BCUT2D eigenvalue weighted by molar-refractivity contribution is -0.113. The minimum atomic E-state index is -0.382. The molecule has 0 aliphatic heterocycles. The normalized spacial score (nSPS) is 10.4. The van der Waals surface area contributed by atoms with Gasteiger partial charge in [0.15, 0.2) is 5.12 Å². The summed E-state index contributed by atoms with van der Waals surface area (Å²) in [5.74, 6) is -0.442. The lowest BCUT2D eigenvalue weighted by atomic mass is 10.2. The summed E-state index contributed by atoms with van der Waals surface area (Å²) in [7, 11) is 0. The van der Waals surface area contributed by atoms with E-state index in [1.165, 1.54) is 0 Å². The van der Waals surface area contributed by atoms with E-state index in [2.05, 4.69) is 0 Å². The quantitative estimate of drug-likeness (QED) is 0.610. The number of thioether (sulfide) groups is 1. The molecular formula is C13H16O3S. The fraction of sp³-hybridized carbons (Fsp3) is 0.385. The van der Waals surface area contributed by atoms with Crippen LogP contribution in [0.3, 0.4) is 0 Å². The number of hydrogen-bond acceptors (Lipinski definition) is 4. The van der Waals surface area contributed by atoms with E-state index in [1.54, 1.807) is 31.2 Å². The molecule has 0 bridgehead atoms. The molecule has 0 saturated carbocycles. The first-order valence-electron chi connectivity index (χ1n) is 5.54. The summed E-state index contributed by atoms with van der Waals surface area (Å²) in [4.78, 5) is 24.0. The van der Waals surface area contributed by atoms with E-state index in [0.717, 1.165) is 11.8 Å². The number of ether oxygens (including phenoxy) is 1. The average molecular weight is 252 g/mol. The van der Waals surface area contributed by atoms with Crippen LogP contribution in [0.1, 0.15) is 31.1 Å². The molecule has 0 fully saturated rings. The Balaban J connectivity index is 2.92. The monoisotopic (exact) mass is 252 g/mol. The van der Waals surface area contributed by atoms with Gasteiger partial charge in [-0.3, -0.25) is 4.79 Å². The Morgan fingerprint density at radius 3 is 2.53 bits per heavy atom. The highest BCUT2D eigenvalue weighted by molar-refractivity contribution is 8.13.